The highest BCUT2D eigenvalue weighted by atomic mass is 35.5. The molecule has 124 valence electrons. The molecule has 0 amide bonds. The minimum Gasteiger partial charge on any atom is -0.497 e. The summed E-state index contributed by atoms with van der Waals surface area (Å²) in [4.78, 5) is 13.5. The number of halogens is 1. The summed E-state index contributed by atoms with van der Waals surface area (Å²) in [5.41, 5.74) is 3.41. The second kappa shape index (κ2) is 8.11. The van der Waals surface area contributed by atoms with Crippen LogP contribution in [-0.4, -0.2) is 20.2 Å². The molecule has 0 saturated carbocycles. The molecule has 24 heavy (non-hydrogen) atoms. The zero-order valence-corrected chi connectivity index (χ0v) is 15.0. The Labute approximate surface area is 150 Å². The van der Waals surface area contributed by atoms with Crippen LogP contribution in [0.3, 0.4) is 0 Å². The molecule has 0 saturated heterocycles. The second-order valence-corrected chi connectivity index (χ2v) is 6.54. The van der Waals surface area contributed by atoms with Crippen molar-refractivity contribution in [2.45, 2.75) is 9.64 Å². The lowest BCUT2D eigenvalue weighted by molar-refractivity contribution is -0.142. The van der Waals surface area contributed by atoms with Crippen LogP contribution in [0.4, 0.5) is 0 Å². The third kappa shape index (κ3) is 3.68. The molecule has 1 atom stereocenters. The van der Waals surface area contributed by atoms with Gasteiger partial charge in [-0.3, -0.25) is 0 Å². The molecule has 0 aliphatic heterocycles. The van der Waals surface area contributed by atoms with Crippen LogP contribution in [0.1, 0.15) is 5.56 Å². The topological polar surface area (TPSA) is 35.5 Å². The number of rotatable bonds is 6. The largest absolute Gasteiger partial charge is 0.497 e. The number of benzene rings is 2. The lowest BCUT2D eigenvalue weighted by Crippen LogP contribution is -2.31. The van der Waals surface area contributed by atoms with Crippen LogP contribution in [0.25, 0.3) is 0 Å². The van der Waals surface area contributed by atoms with Crippen LogP contribution in [0.5, 0.6) is 5.75 Å². The smallest absolute Gasteiger partial charge is 0.331 e. The van der Waals surface area contributed by atoms with Gasteiger partial charge in [-0.15, -0.1) is 5.73 Å². The monoisotopic (exact) mass is 360 g/mol. The van der Waals surface area contributed by atoms with Crippen molar-refractivity contribution in [3.63, 3.8) is 0 Å². The van der Waals surface area contributed by atoms with Gasteiger partial charge in [0.25, 0.3) is 0 Å². The Morgan fingerprint density at radius 1 is 1.25 bits per heavy atom. The Morgan fingerprint density at radius 3 is 2.62 bits per heavy atom. The summed E-state index contributed by atoms with van der Waals surface area (Å²) in [6, 6.07) is 14.6. The number of carbonyl (C=O) groups excluding carboxylic acids is 1. The second-order valence-electron chi connectivity index (χ2n) is 4.84. The van der Waals surface area contributed by atoms with E-state index in [-0.39, 0.29) is 0 Å². The van der Waals surface area contributed by atoms with Gasteiger partial charge in [-0.05, 0) is 35.9 Å². The molecular formula is C19H17ClO3S. The number of carbonyl (C=O) groups is 1. The van der Waals surface area contributed by atoms with E-state index in [0.717, 1.165) is 4.90 Å². The van der Waals surface area contributed by atoms with Crippen molar-refractivity contribution < 1.29 is 14.3 Å². The van der Waals surface area contributed by atoms with Crippen molar-refractivity contribution in [2.24, 2.45) is 0 Å². The number of thioether (sulfide) groups is 1. The maximum Gasteiger partial charge on any atom is 0.331 e. The van der Waals surface area contributed by atoms with E-state index in [9.17, 15) is 4.79 Å². The highest BCUT2D eigenvalue weighted by molar-refractivity contribution is 8.01. The number of methoxy groups -OCH3 is 2. The summed E-state index contributed by atoms with van der Waals surface area (Å²) in [6.45, 7) is 3.63. The lowest BCUT2D eigenvalue weighted by atomic mass is 9.97. The number of esters is 1. The molecule has 0 N–H and O–H groups in total. The van der Waals surface area contributed by atoms with Gasteiger partial charge in [-0.25, -0.2) is 4.79 Å². The van der Waals surface area contributed by atoms with E-state index in [2.05, 4.69) is 12.3 Å². The first-order chi connectivity index (χ1) is 11.6. The zero-order valence-electron chi connectivity index (χ0n) is 13.4. The quantitative estimate of drug-likeness (QED) is 0.419. The predicted molar refractivity (Wildman–Crippen MR) is 97.7 cm³/mol. The Balaban J connectivity index is 2.65. The first kappa shape index (κ1) is 18.2. The van der Waals surface area contributed by atoms with Gasteiger partial charge >= 0.3 is 5.97 Å². The summed E-state index contributed by atoms with van der Waals surface area (Å²) in [7, 11) is 2.92. The Kier molecular flexibility index (Phi) is 6.16. The fourth-order valence-corrected chi connectivity index (χ4v) is 3.70. The molecule has 2 rings (SSSR count). The third-order valence-corrected chi connectivity index (χ3v) is 5.26. The summed E-state index contributed by atoms with van der Waals surface area (Å²) < 4.78 is 9.17. The number of hydrogen-bond acceptors (Lipinski definition) is 4. The van der Waals surface area contributed by atoms with Gasteiger partial charge in [-0.1, -0.05) is 54.2 Å². The van der Waals surface area contributed by atoms with E-state index in [4.69, 9.17) is 21.1 Å². The van der Waals surface area contributed by atoms with E-state index in [0.29, 0.717) is 16.3 Å². The van der Waals surface area contributed by atoms with E-state index < -0.39 is 10.7 Å². The van der Waals surface area contributed by atoms with Crippen molar-refractivity contribution >= 4 is 29.3 Å². The summed E-state index contributed by atoms with van der Waals surface area (Å²) in [5, 5.41) is 0.552. The van der Waals surface area contributed by atoms with Crippen molar-refractivity contribution in [1.82, 2.24) is 0 Å². The molecule has 3 nitrogen and oxygen atoms in total. The molecule has 5 heteroatoms. The van der Waals surface area contributed by atoms with E-state index in [1.807, 2.05) is 36.4 Å². The van der Waals surface area contributed by atoms with Gasteiger partial charge < -0.3 is 9.47 Å². The number of ether oxygens (including phenoxy) is 2. The minimum absolute atomic E-state index is 0.447. The SMILES string of the molecule is C=C=CC(Sc1ccccc1Cl)(C(=O)OC)c1cccc(OC)c1. The van der Waals surface area contributed by atoms with Crippen LogP contribution >= 0.6 is 23.4 Å². The van der Waals surface area contributed by atoms with Crippen LogP contribution < -0.4 is 4.74 Å². The molecule has 0 aliphatic rings. The van der Waals surface area contributed by atoms with Gasteiger partial charge in [0.1, 0.15) is 5.75 Å². The van der Waals surface area contributed by atoms with Crippen molar-refractivity contribution in [1.29, 1.82) is 0 Å². The maximum atomic E-state index is 12.7. The average Bonchev–Trinajstić information content (AvgIpc) is 2.62. The fraction of sp³-hybridized carbons (Fsp3) is 0.158. The molecule has 0 fully saturated rings. The predicted octanol–water partition coefficient (Wildman–Crippen LogP) is 4.85. The van der Waals surface area contributed by atoms with Crippen LogP contribution in [0, 0.1) is 0 Å². The molecular weight excluding hydrogens is 344 g/mol. The third-order valence-electron chi connectivity index (χ3n) is 3.40. The summed E-state index contributed by atoms with van der Waals surface area (Å²) in [5.74, 6) is 0.190. The molecule has 0 aliphatic carbocycles. The molecule has 0 aromatic heterocycles. The highest BCUT2D eigenvalue weighted by Crippen LogP contribution is 2.46. The van der Waals surface area contributed by atoms with Gasteiger partial charge in [0.2, 0.25) is 0 Å². The zero-order chi connectivity index (χ0) is 17.6. The van der Waals surface area contributed by atoms with Crippen molar-refractivity contribution in [2.75, 3.05) is 14.2 Å². The summed E-state index contributed by atoms with van der Waals surface area (Å²) >= 11 is 7.55. The fourth-order valence-electron chi connectivity index (χ4n) is 2.24. The molecule has 2 aromatic rings. The minimum atomic E-state index is -1.17. The molecule has 0 heterocycles. The van der Waals surface area contributed by atoms with Gasteiger partial charge in [0.05, 0.1) is 19.2 Å². The lowest BCUT2D eigenvalue weighted by Gasteiger charge is -2.27. The normalized spacial score (nSPS) is 12.6. The van der Waals surface area contributed by atoms with Crippen LogP contribution in [-0.2, 0) is 14.3 Å². The first-order valence-corrected chi connectivity index (χ1v) is 8.30. The Morgan fingerprint density at radius 2 is 2.00 bits per heavy atom. The Bertz CT molecular complexity index is 784. The van der Waals surface area contributed by atoms with Crippen LogP contribution in [0.15, 0.2) is 71.8 Å². The van der Waals surface area contributed by atoms with Crippen molar-refractivity contribution in [3.8, 4) is 5.75 Å². The van der Waals surface area contributed by atoms with E-state index in [1.165, 1.54) is 18.9 Å². The molecule has 0 radical (unpaired) electrons. The van der Waals surface area contributed by atoms with E-state index in [1.54, 1.807) is 25.3 Å². The van der Waals surface area contributed by atoms with Gasteiger partial charge in [-0.2, -0.15) is 0 Å². The van der Waals surface area contributed by atoms with Gasteiger partial charge in [0.15, 0.2) is 4.75 Å². The van der Waals surface area contributed by atoms with Crippen LogP contribution in [0.2, 0.25) is 5.02 Å². The number of hydrogen-bond donors (Lipinski definition) is 0. The summed E-state index contributed by atoms with van der Waals surface area (Å²) in [6.07, 6.45) is 1.58. The standard InChI is InChI=1S/C19H17ClO3S/c1-4-12-19(18(21)23-3,14-8-7-9-15(13-14)22-2)24-17-11-6-5-10-16(17)20/h5-13H,1H2,2-3H3. The average molecular weight is 361 g/mol. The molecule has 2 aromatic carbocycles. The highest BCUT2D eigenvalue weighted by Gasteiger charge is 2.41. The molecule has 0 bridgehead atoms. The maximum absolute atomic E-state index is 12.7. The molecule has 1 unspecified atom stereocenters. The van der Waals surface area contributed by atoms with Crippen molar-refractivity contribution in [3.05, 3.63) is 77.5 Å². The van der Waals surface area contributed by atoms with E-state index >= 15 is 0 Å². The Hall–Kier alpha value is -2.13. The molecule has 0 spiro atoms. The van der Waals surface area contributed by atoms with Gasteiger partial charge in [0, 0.05) is 4.90 Å². The first-order valence-electron chi connectivity index (χ1n) is 7.11.